The Labute approximate surface area is 167 Å². The minimum absolute atomic E-state index is 0.248. The Morgan fingerprint density at radius 1 is 1.32 bits per heavy atom. The number of carbonyl (C=O) groups is 1. The molecule has 0 radical (unpaired) electrons. The molecule has 8 heteroatoms. The third-order valence-electron chi connectivity index (χ3n) is 3.61. The molecule has 28 heavy (non-hydrogen) atoms. The normalized spacial score (nSPS) is 12.0. The van der Waals surface area contributed by atoms with Gasteiger partial charge in [0.2, 0.25) is 0 Å². The molecule has 0 unspecified atom stereocenters. The lowest BCUT2D eigenvalue weighted by molar-refractivity contribution is 0.0522. The monoisotopic (exact) mass is 397 g/mol. The number of aromatic nitrogens is 2. The number of rotatable bonds is 5. The Balaban J connectivity index is 1.68. The summed E-state index contributed by atoms with van der Waals surface area (Å²) in [5.74, 6) is 1.12. The van der Waals surface area contributed by atoms with Crippen molar-refractivity contribution >= 4 is 29.0 Å². The van der Waals surface area contributed by atoms with Gasteiger partial charge in [0.15, 0.2) is 0 Å². The van der Waals surface area contributed by atoms with Gasteiger partial charge in [-0.3, -0.25) is 0 Å². The topological polar surface area (TPSA) is 105 Å². The quantitative estimate of drug-likeness (QED) is 0.443. The number of hydrogen-bond donors (Lipinski definition) is 3. The number of hydrogen-bond acceptors (Lipinski definition) is 5. The minimum Gasteiger partial charge on any atom is -0.444 e. The van der Waals surface area contributed by atoms with Crippen LogP contribution in [0.4, 0.5) is 10.5 Å². The third-order valence-corrected chi connectivity index (χ3v) is 4.50. The summed E-state index contributed by atoms with van der Waals surface area (Å²) < 4.78 is 5.22. The van der Waals surface area contributed by atoms with Gasteiger partial charge in [0.1, 0.15) is 17.3 Å². The SMILES string of the molecule is CC(C)(C)OC(=O)NCc1ncc(-c2cccc(N=C(N)c3cccs3)c2)[nH]1. The highest BCUT2D eigenvalue weighted by molar-refractivity contribution is 7.12. The van der Waals surface area contributed by atoms with Crippen LogP contribution in [0.15, 0.2) is 53.0 Å². The number of nitrogens with one attached hydrogen (secondary N) is 2. The predicted molar refractivity (Wildman–Crippen MR) is 112 cm³/mol. The zero-order chi connectivity index (χ0) is 20.1. The van der Waals surface area contributed by atoms with Crippen LogP contribution in [0.3, 0.4) is 0 Å². The van der Waals surface area contributed by atoms with E-state index in [1.807, 2.05) is 62.5 Å². The first kappa shape index (κ1) is 19.6. The number of nitrogens with zero attached hydrogens (tertiary/aromatic N) is 2. The number of amidine groups is 1. The van der Waals surface area contributed by atoms with Gasteiger partial charge in [0.05, 0.1) is 29.0 Å². The average molecular weight is 398 g/mol. The summed E-state index contributed by atoms with van der Waals surface area (Å²) in [6.07, 6.45) is 1.24. The summed E-state index contributed by atoms with van der Waals surface area (Å²) in [7, 11) is 0. The van der Waals surface area contributed by atoms with E-state index in [4.69, 9.17) is 10.5 Å². The molecule has 0 saturated heterocycles. The Hall–Kier alpha value is -3.13. The van der Waals surface area contributed by atoms with Gasteiger partial charge in [-0.15, -0.1) is 11.3 Å². The van der Waals surface area contributed by atoms with E-state index in [-0.39, 0.29) is 6.54 Å². The summed E-state index contributed by atoms with van der Waals surface area (Å²) in [6.45, 7) is 5.70. The van der Waals surface area contributed by atoms with E-state index in [0.717, 1.165) is 21.8 Å². The minimum atomic E-state index is -0.537. The molecule has 3 rings (SSSR count). The lowest BCUT2D eigenvalue weighted by atomic mass is 10.1. The van der Waals surface area contributed by atoms with Crippen molar-refractivity contribution < 1.29 is 9.53 Å². The number of imidazole rings is 1. The van der Waals surface area contributed by atoms with Crippen molar-refractivity contribution in [2.75, 3.05) is 0 Å². The summed E-state index contributed by atoms with van der Waals surface area (Å²) in [5, 5.41) is 4.65. The van der Waals surface area contributed by atoms with Crippen molar-refractivity contribution in [3.8, 4) is 11.3 Å². The molecule has 3 aromatic rings. The van der Waals surface area contributed by atoms with Gasteiger partial charge in [0.25, 0.3) is 0 Å². The molecular formula is C20H23N5O2S. The Bertz CT molecular complexity index is 971. The van der Waals surface area contributed by atoms with Gasteiger partial charge < -0.3 is 20.8 Å². The van der Waals surface area contributed by atoms with Gasteiger partial charge in [-0.05, 0) is 44.4 Å². The first-order chi connectivity index (χ1) is 13.3. The van der Waals surface area contributed by atoms with Crippen LogP contribution in [0, 0.1) is 0 Å². The average Bonchev–Trinajstić information content (AvgIpc) is 3.31. The lowest BCUT2D eigenvalue weighted by Crippen LogP contribution is -2.32. The predicted octanol–water partition coefficient (Wildman–Crippen LogP) is 4.20. The van der Waals surface area contributed by atoms with E-state index in [1.165, 1.54) is 0 Å². The van der Waals surface area contributed by atoms with Crippen molar-refractivity contribution in [1.82, 2.24) is 15.3 Å². The summed E-state index contributed by atoms with van der Waals surface area (Å²) in [4.78, 5) is 24.7. The highest BCUT2D eigenvalue weighted by atomic mass is 32.1. The fourth-order valence-electron chi connectivity index (χ4n) is 2.43. The Morgan fingerprint density at radius 3 is 2.86 bits per heavy atom. The van der Waals surface area contributed by atoms with E-state index < -0.39 is 11.7 Å². The third kappa shape index (κ3) is 5.43. The first-order valence-electron chi connectivity index (χ1n) is 8.79. The molecule has 0 aliphatic rings. The fourth-order valence-corrected chi connectivity index (χ4v) is 3.06. The van der Waals surface area contributed by atoms with E-state index in [9.17, 15) is 4.79 Å². The largest absolute Gasteiger partial charge is 0.444 e. The first-order valence-corrected chi connectivity index (χ1v) is 9.67. The summed E-state index contributed by atoms with van der Waals surface area (Å²) in [5.41, 5.74) is 8.04. The van der Waals surface area contributed by atoms with Gasteiger partial charge in [0, 0.05) is 5.56 Å². The zero-order valence-electron chi connectivity index (χ0n) is 16.0. The standard InChI is InChI=1S/C20H23N5O2S/c1-20(2,3)27-19(26)23-12-17-22-11-15(25-17)13-6-4-7-14(10-13)24-18(21)16-8-5-9-28-16/h4-11H,12H2,1-3H3,(H2,21,24)(H,22,25)(H,23,26). The van der Waals surface area contributed by atoms with Gasteiger partial charge >= 0.3 is 6.09 Å². The van der Waals surface area contributed by atoms with Crippen LogP contribution < -0.4 is 11.1 Å². The van der Waals surface area contributed by atoms with Gasteiger partial charge in [-0.25, -0.2) is 14.8 Å². The molecule has 2 aromatic heterocycles. The molecule has 0 aliphatic carbocycles. The van der Waals surface area contributed by atoms with Crippen LogP contribution in [-0.2, 0) is 11.3 Å². The number of thiophene rings is 1. The van der Waals surface area contributed by atoms with Crippen molar-refractivity contribution in [3.05, 3.63) is 58.7 Å². The Kier molecular flexibility index (Phi) is 5.79. The molecule has 0 spiro atoms. The molecule has 0 fully saturated rings. The van der Waals surface area contributed by atoms with Crippen LogP contribution in [0.1, 0.15) is 31.5 Å². The molecule has 4 N–H and O–H groups in total. The number of aliphatic imine (C=N–C) groups is 1. The van der Waals surface area contributed by atoms with E-state index >= 15 is 0 Å². The number of nitrogens with two attached hydrogens (primary N) is 1. The molecule has 0 aliphatic heterocycles. The Morgan fingerprint density at radius 2 is 2.14 bits per heavy atom. The van der Waals surface area contributed by atoms with Gasteiger partial charge in [-0.1, -0.05) is 18.2 Å². The number of benzene rings is 1. The molecule has 0 atom stereocenters. The van der Waals surface area contributed by atoms with Crippen molar-refractivity contribution in [3.63, 3.8) is 0 Å². The van der Waals surface area contributed by atoms with Crippen LogP contribution in [0.2, 0.25) is 0 Å². The molecular weight excluding hydrogens is 374 g/mol. The highest BCUT2D eigenvalue weighted by Gasteiger charge is 2.16. The molecule has 146 valence electrons. The second-order valence-electron chi connectivity index (χ2n) is 7.12. The van der Waals surface area contributed by atoms with Crippen LogP contribution in [0.5, 0.6) is 0 Å². The fraction of sp³-hybridized carbons (Fsp3) is 0.250. The van der Waals surface area contributed by atoms with E-state index in [0.29, 0.717) is 11.7 Å². The van der Waals surface area contributed by atoms with Crippen LogP contribution in [-0.4, -0.2) is 27.5 Å². The molecule has 2 heterocycles. The van der Waals surface area contributed by atoms with Crippen molar-refractivity contribution in [1.29, 1.82) is 0 Å². The van der Waals surface area contributed by atoms with E-state index in [1.54, 1.807) is 17.5 Å². The number of amides is 1. The maximum Gasteiger partial charge on any atom is 0.408 e. The molecule has 1 aromatic carbocycles. The summed E-state index contributed by atoms with van der Waals surface area (Å²) >= 11 is 1.55. The number of alkyl carbamates (subject to hydrolysis) is 1. The maximum atomic E-state index is 11.8. The number of carbonyl (C=O) groups excluding carboxylic acids is 1. The second kappa shape index (κ2) is 8.26. The number of ether oxygens (including phenoxy) is 1. The van der Waals surface area contributed by atoms with E-state index in [2.05, 4.69) is 20.3 Å². The molecule has 1 amide bonds. The van der Waals surface area contributed by atoms with Gasteiger partial charge in [-0.2, -0.15) is 0 Å². The van der Waals surface area contributed by atoms with Crippen LogP contribution in [0.25, 0.3) is 11.3 Å². The van der Waals surface area contributed by atoms with Crippen LogP contribution >= 0.6 is 11.3 Å². The summed E-state index contributed by atoms with van der Waals surface area (Å²) in [6, 6.07) is 11.6. The molecule has 0 saturated carbocycles. The van der Waals surface area contributed by atoms with Crippen molar-refractivity contribution in [2.24, 2.45) is 10.7 Å². The second-order valence-corrected chi connectivity index (χ2v) is 8.07. The maximum absolute atomic E-state index is 11.8. The lowest BCUT2D eigenvalue weighted by Gasteiger charge is -2.19. The smallest absolute Gasteiger partial charge is 0.408 e. The number of H-pyrrole nitrogens is 1. The zero-order valence-corrected chi connectivity index (χ0v) is 16.8. The molecule has 0 bridgehead atoms. The van der Waals surface area contributed by atoms with Crippen molar-refractivity contribution in [2.45, 2.75) is 32.9 Å². The molecule has 7 nitrogen and oxygen atoms in total. The highest BCUT2D eigenvalue weighted by Crippen LogP contribution is 2.23. The number of aromatic amines is 1.